The smallest absolute Gasteiger partial charge is 0.403 e. The van der Waals surface area contributed by atoms with Crippen LogP contribution in [-0.2, 0) is 23.3 Å². The van der Waals surface area contributed by atoms with Crippen molar-refractivity contribution in [3.8, 4) is 22.8 Å². The van der Waals surface area contributed by atoms with Gasteiger partial charge in [0.05, 0.1) is 17.2 Å². The van der Waals surface area contributed by atoms with Gasteiger partial charge in [0.2, 0.25) is 0 Å². The van der Waals surface area contributed by atoms with E-state index in [9.17, 15) is 26.0 Å². The molecule has 0 N–H and O–H groups in total. The van der Waals surface area contributed by atoms with Crippen molar-refractivity contribution in [2.24, 2.45) is 7.05 Å². The van der Waals surface area contributed by atoms with E-state index in [0.717, 1.165) is 29.5 Å². The lowest BCUT2D eigenvalue weighted by Crippen LogP contribution is -2.51. The highest BCUT2D eigenvalue weighted by atomic mass is 32.2. The molecule has 0 amide bonds. The second-order valence-electron chi connectivity index (χ2n) is 10.6. The van der Waals surface area contributed by atoms with Crippen LogP contribution < -0.4 is 4.74 Å². The van der Waals surface area contributed by atoms with E-state index in [2.05, 4.69) is 28.6 Å². The van der Waals surface area contributed by atoms with Gasteiger partial charge in [0.25, 0.3) is 0 Å². The lowest BCUT2D eigenvalue weighted by molar-refractivity contribution is -0.275. The molecule has 13 heteroatoms. The molecular weight excluding hydrogens is 550 g/mol. The number of halogens is 4. The molecular formula is C27H29F4N5O3S. The van der Waals surface area contributed by atoms with Crippen LogP contribution in [0.3, 0.4) is 0 Å². The maximum absolute atomic E-state index is 14.4. The van der Waals surface area contributed by atoms with E-state index in [1.807, 2.05) is 22.9 Å². The molecule has 5 rings (SSSR count). The summed E-state index contributed by atoms with van der Waals surface area (Å²) in [7, 11) is -1.18. The summed E-state index contributed by atoms with van der Waals surface area (Å²) in [5.74, 6) is -1.11. The molecule has 0 spiro atoms. The van der Waals surface area contributed by atoms with Gasteiger partial charge < -0.3 is 4.74 Å². The van der Waals surface area contributed by atoms with E-state index in [4.69, 9.17) is 4.98 Å². The van der Waals surface area contributed by atoms with Gasteiger partial charge in [0, 0.05) is 55.1 Å². The second kappa shape index (κ2) is 10.2. The summed E-state index contributed by atoms with van der Waals surface area (Å²) in [5.41, 5.74) is 2.02. The fraction of sp³-hybridized carbons (Fsp3) is 0.407. The number of hydrogen-bond acceptors (Lipinski definition) is 6. The van der Waals surface area contributed by atoms with Crippen LogP contribution in [0.1, 0.15) is 25.8 Å². The SMILES string of the molecule is Cn1ccc(-n2cc(CCC(C)(C)N3CCS(=O)(=O)CC3)c3ccc(-c4ccc(OC(F)(F)F)c(F)c4)nc32)n1. The Labute approximate surface area is 229 Å². The highest BCUT2D eigenvalue weighted by Crippen LogP contribution is 2.32. The maximum atomic E-state index is 14.4. The molecule has 40 heavy (non-hydrogen) atoms. The van der Waals surface area contributed by atoms with Crippen molar-refractivity contribution in [2.45, 2.75) is 38.6 Å². The van der Waals surface area contributed by atoms with E-state index in [0.29, 0.717) is 42.2 Å². The lowest BCUT2D eigenvalue weighted by Gasteiger charge is -2.41. The molecule has 1 saturated heterocycles. The van der Waals surface area contributed by atoms with E-state index < -0.39 is 27.8 Å². The molecule has 4 aromatic rings. The number of aromatic nitrogens is 4. The first kappa shape index (κ1) is 28.1. The van der Waals surface area contributed by atoms with Gasteiger partial charge >= 0.3 is 6.36 Å². The lowest BCUT2D eigenvalue weighted by atomic mass is 9.93. The Kier molecular flexibility index (Phi) is 7.15. The fourth-order valence-electron chi connectivity index (χ4n) is 5.02. The topological polar surface area (TPSA) is 82.2 Å². The van der Waals surface area contributed by atoms with Crippen molar-refractivity contribution in [1.29, 1.82) is 0 Å². The minimum atomic E-state index is -5.00. The van der Waals surface area contributed by atoms with Crippen molar-refractivity contribution in [1.82, 2.24) is 24.2 Å². The molecule has 3 aromatic heterocycles. The van der Waals surface area contributed by atoms with Crippen LogP contribution in [-0.4, -0.2) is 69.1 Å². The molecule has 0 radical (unpaired) electrons. The van der Waals surface area contributed by atoms with Crippen LogP contribution in [0.2, 0.25) is 0 Å². The molecule has 0 saturated carbocycles. The number of nitrogens with zero attached hydrogens (tertiary/aromatic N) is 5. The molecule has 4 heterocycles. The predicted octanol–water partition coefficient (Wildman–Crippen LogP) is 4.91. The number of hydrogen-bond donors (Lipinski definition) is 0. The summed E-state index contributed by atoms with van der Waals surface area (Å²) in [5, 5.41) is 5.36. The summed E-state index contributed by atoms with van der Waals surface area (Å²) < 4.78 is 83.1. The van der Waals surface area contributed by atoms with Crippen LogP contribution in [0, 0.1) is 5.82 Å². The summed E-state index contributed by atoms with van der Waals surface area (Å²) in [4.78, 5) is 6.97. The maximum Gasteiger partial charge on any atom is 0.573 e. The van der Waals surface area contributed by atoms with Gasteiger partial charge in [0.1, 0.15) is 5.65 Å². The third-order valence-electron chi connectivity index (χ3n) is 7.34. The van der Waals surface area contributed by atoms with E-state index >= 15 is 0 Å². The zero-order chi connectivity index (χ0) is 28.9. The van der Waals surface area contributed by atoms with Crippen molar-refractivity contribution in [3.05, 3.63) is 60.2 Å². The van der Waals surface area contributed by atoms with Crippen molar-refractivity contribution in [3.63, 3.8) is 0 Å². The first-order chi connectivity index (χ1) is 18.7. The number of benzene rings is 1. The number of rotatable bonds is 7. The van der Waals surface area contributed by atoms with Crippen LogP contribution in [0.5, 0.6) is 5.75 Å². The molecule has 0 aliphatic carbocycles. The Morgan fingerprint density at radius 3 is 2.40 bits per heavy atom. The average molecular weight is 580 g/mol. The van der Waals surface area contributed by atoms with Gasteiger partial charge in [-0.05, 0) is 62.6 Å². The number of aryl methyl sites for hydroxylation is 2. The molecule has 0 unspecified atom stereocenters. The third kappa shape index (κ3) is 5.99. The molecule has 1 fully saturated rings. The third-order valence-corrected chi connectivity index (χ3v) is 8.95. The Bertz CT molecular complexity index is 1650. The molecule has 214 valence electrons. The normalized spacial score (nSPS) is 16.5. The largest absolute Gasteiger partial charge is 0.573 e. The van der Waals surface area contributed by atoms with Gasteiger partial charge in [0.15, 0.2) is 27.2 Å². The van der Waals surface area contributed by atoms with E-state index in [1.165, 1.54) is 6.07 Å². The number of alkyl halides is 3. The van der Waals surface area contributed by atoms with Gasteiger partial charge in [-0.2, -0.15) is 5.10 Å². The van der Waals surface area contributed by atoms with E-state index in [-0.39, 0.29) is 17.0 Å². The van der Waals surface area contributed by atoms with Crippen LogP contribution in [0.15, 0.2) is 48.8 Å². The highest BCUT2D eigenvalue weighted by Gasteiger charge is 2.33. The van der Waals surface area contributed by atoms with Crippen LogP contribution in [0.4, 0.5) is 17.6 Å². The predicted molar refractivity (Wildman–Crippen MR) is 143 cm³/mol. The molecule has 0 bridgehead atoms. The van der Waals surface area contributed by atoms with Gasteiger partial charge in [-0.25, -0.2) is 17.8 Å². The quantitative estimate of drug-likeness (QED) is 0.290. The summed E-state index contributed by atoms with van der Waals surface area (Å²) in [6, 6.07) is 8.62. The number of fused-ring (bicyclic) bond motifs is 1. The highest BCUT2D eigenvalue weighted by molar-refractivity contribution is 7.91. The Morgan fingerprint density at radius 2 is 1.77 bits per heavy atom. The van der Waals surface area contributed by atoms with Crippen molar-refractivity contribution < 1.29 is 30.7 Å². The second-order valence-corrected chi connectivity index (χ2v) is 12.9. The Hall–Kier alpha value is -3.45. The molecule has 1 aliphatic rings. The average Bonchev–Trinajstić information content (AvgIpc) is 3.46. The molecule has 1 aromatic carbocycles. The summed E-state index contributed by atoms with van der Waals surface area (Å²) in [6.45, 7) is 5.22. The Morgan fingerprint density at radius 1 is 1.05 bits per heavy atom. The number of ether oxygens (including phenoxy) is 1. The fourth-order valence-corrected chi connectivity index (χ4v) is 6.22. The van der Waals surface area contributed by atoms with Crippen molar-refractivity contribution in [2.75, 3.05) is 24.6 Å². The first-order valence-corrected chi connectivity index (χ1v) is 14.6. The summed E-state index contributed by atoms with van der Waals surface area (Å²) in [6.07, 6.45) is 0.210. The van der Waals surface area contributed by atoms with Gasteiger partial charge in [-0.3, -0.25) is 14.1 Å². The van der Waals surface area contributed by atoms with Crippen LogP contribution in [0.25, 0.3) is 28.1 Å². The van der Waals surface area contributed by atoms with Crippen LogP contribution >= 0.6 is 0 Å². The first-order valence-electron chi connectivity index (χ1n) is 12.7. The monoisotopic (exact) mass is 579 g/mol. The van der Waals surface area contributed by atoms with E-state index in [1.54, 1.807) is 24.0 Å². The standard InChI is InChI=1S/C27H29F4N5O3S/c1-26(2,35-12-14-40(37,38)15-13-35)10-8-19-17-36(24-9-11-34(3)33-24)25-20(19)5-6-22(32-25)18-4-7-23(21(28)16-18)39-27(29,30)31/h4-7,9,11,16-17H,8,10,12-15H2,1-3H3. The minimum Gasteiger partial charge on any atom is -0.403 e. The van der Waals surface area contributed by atoms with Crippen molar-refractivity contribution >= 4 is 20.9 Å². The minimum absolute atomic E-state index is 0.159. The number of pyridine rings is 1. The zero-order valence-corrected chi connectivity index (χ0v) is 23.1. The summed E-state index contributed by atoms with van der Waals surface area (Å²) >= 11 is 0. The zero-order valence-electron chi connectivity index (χ0n) is 22.2. The number of sulfone groups is 1. The van der Waals surface area contributed by atoms with Gasteiger partial charge in [-0.15, -0.1) is 13.2 Å². The molecule has 8 nitrogen and oxygen atoms in total. The van der Waals surface area contributed by atoms with Gasteiger partial charge in [-0.1, -0.05) is 0 Å². The Balaban J connectivity index is 1.47. The molecule has 0 atom stereocenters. The molecule has 1 aliphatic heterocycles.